The number of guanidine groups is 1. The first kappa shape index (κ1) is 20.6. The van der Waals surface area contributed by atoms with Gasteiger partial charge in [0.15, 0.2) is 5.96 Å². The fraction of sp³-hybridized carbons (Fsp3) is 0.381. The van der Waals surface area contributed by atoms with E-state index >= 15 is 0 Å². The van der Waals surface area contributed by atoms with Gasteiger partial charge in [-0.25, -0.2) is 4.39 Å². The molecule has 1 unspecified atom stereocenters. The molecular formula is C21H26ClFN4O. The lowest BCUT2D eigenvalue weighted by Crippen LogP contribution is -2.46. The van der Waals surface area contributed by atoms with Crippen molar-refractivity contribution in [1.82, 2.24) is 15.5 Å². The van der Waals surface area contributed by atoms with E-state index in [1.165, 1.54) is 12.1 Å². The van der Waals surface area contributed by atoms with Crippen molar-refractivity contribution < 1.29 is 9.13 Å². The van der Waals surface area contributed by atoms with Gasteiger partial charge in [0.05, 0.1) is 19.3 Å². The van der Waals surface area contributed by atoms with Crippen LogP contribution >= 0.6 is 11.6 Å². The summed E-state index contributed by atoms with van der Waals surface area (Å²) in [7, 11) is 1.74. The third-order valence-electron chi connectivity index (χ3n) is 4.81. The number of halogens is 2. The molecule has 150 valence electrons. The van der Waals surface area contributed by atoms with Crippen molar-refractivity contribution in [2.24, 2.45) is 4.99 Å². The molecule has 0 amide bonds. The van der Waals surface area contributed by atoms with Crippen LogP contribution < -0.4 is 10.6 Å². The van der Waals surface area contributed by atoms with Crippen LogP contribution in [0.4, 0.5) is 4.39 Å². The maximum atomic E-state index is 13.1. The van der Waals surface area contributed by atoms with Gasteiger partial charge < -0.3 is 15.4 Å². The average Bonchev–Trinajstić information content (AvgIpc) is 2.73. The predicted molar refractivity (Wildman–Crippen MR) is 111 cm³/mol. The smallest absolute Gasteiger partial charge is 0.191 e. The highest BCUT2D eigenvalue weighted by molar-refractivity contribution is 6.31. The Balaban J connectivity index is 1.64. The summed E-state index contributed by atoms with van der Waals surface area (Å²) < 4.78 is 18.6. The van der Waals surface area contributed by atoms with Crippen molar-refractivity contribution in [3.8, 4) is 0 Å². The minimum atomic E-state index is -0.237. The fourth-order valence-corrected chi connectivity index (χ4v) is 3.53. The Bertz CT molecular complexity index is 778. The minimum Gasteiger partial charge on any atom is -0.379 e. The van der Waals surface area contributed by atoms with E-state index in [-0.39, 0.29) is 11.9 Å². The van der Waals surface area contributed by atoms with E-state index in [1.54, 1.807) is 19.2 Å². The number of benzene rings is 2. The lowest BCUT2D eigenvalue weighted by atomic mass is 10.0. The summed E-state index contributed by atoms with van der Waals surface area (Å²) in [6.07, 6.45) is 0. The van der Waals surface area contributed by atoms with Gasteiger partial charge >= 0.3 is 0 Å². The Kier molecular flexibility index (Phi) is 7.65. The predicted octanol–water partition coefficient (Wildman–Crippen LogP) is 3.22. The Morgan fingerprint density at radius 3 is 2.54 bits per heavy atom. The van der Waals surface area contributed by atoms with Gasteiger partial charge in [0.1, 0.15) is 5.82 Å². The van der Waals surface area contributed by atoms with Gasteiger partial charge in [-0.15, -0.1) is 0 Å². The number of hydrogen-bond donors (Lipinski definition) is 2. The maximum absolute atomic E-state index is 13.1. The monoisotopic (exact) mass is 404 g/mol. The van der Waals surface area contributed by atoms with Crippen molar-refractivity contribution in [2.75, 3.05) is 39.9 Å². The standard InChI is InChI=1S/C21H26ClFN4O/c1-24-21(25-14-16-6-8-17(23)9-7-16)26-15-20(27-10-12-28-13-11-27)18-4-2-3-5-19(18)22/h2-9,20H,10-15H2,1H3,(H2,24,25,26). The highest BCUT2D eigenvalue weighted by Crippen LogP contribution is 2.27. The van der Waals surface area contributed by atoms with Gasteiger partial charge in [-0.2, -0.15) is 0 Å². The Morgan fingerprint density at radius 2 is 1.86 bits per heavy atom. The van der Waals surface area contributed by atoms with Gasteiger partial charge in [0, 0.05) is 38.2 Å². The molecule has 0 saturated carbocycles. The largest absolute Gasteiger partial charge is 0.379 e. The second-order valence-corrected chi connectivity index (χ2v) is 7.03. The molecule has 0 bridgehead atoms. The zero-order chi connectivity index (χ0) is 19.8. The molecule has 1 aliphatic rings. The second-order valence-electron chi connectivity index (χ2n) is 6.62. The zero-order valence-electron chi connectivity index (χ0n) is 16.0. The highest BCUT2D eigenvalue weighted by atomic mass is 35.5. The molecule has 1 heterocycles. The van der Waals surface area contributed by atoms with Crippen LogP contribution in [0.2, 0.25) is 5.02 Å². The molecule has 2 aromatic carbocycles. The van der Waals surface area contributed by atoms with Crippen LogP contribution in [0.5, 0.6) is 0 Å². The number of aliphatic imine (C=N–C) groups is 1. The Morgan fingerprint density at radius 1 is 1.14 bits per heavy atom. The topological polar surface area (TPSA) is 48.9 Å². The highest BCUT2D eigenvalue weighted by Gasteiger charge is 2.24. The minimum absolute atomic E-state index is 0.113. The quantitative estimate of drug-likeness (QED) is 0.573. The third-order valence-corrected chi connectivity index (χ3v) is 5.15. The van der Waals surface area contributed by atoms with Crippen LogP contribution in [0.3, 0.4) is 0 Å². The van der Waals surface area contributed by atoms with E-state index in [1.807, 2.05) is 18.2 Å². The van der Waals surface area contributed by atoms with Crippen LogP contribution in [0.15, 0.2) is 53.5 Å². The molecule has 0 aliphatic carbocycles. The molecule has 1 fully saturated rings. The molecule has 1 saturated heterocycles. The molecule has 28 heavy (non-hydrogen) atoms. The number of morpholine rings is 1. The van der Waals surface area contributed by atoms with E-state index in [0.29, 0.717) is 19.0 Å². The summed E-state index contributed by atoms with van der Waals surface area (Å²) in [5.41, 5.74) is 2.08. The number of ether oxygens (including phenoxy) is 1. The Labute approximate surface area is 170 Å². The summed E-state index contributed by atoms with van der Waals surface area (Å²) in [6, 6.07) is 14.5. The van der Waals surface area contributed by atoms with Gasteiger partial charge in [0.2, 0.25) is 0 Å². The third kappa shape index (κ3) is 5.67. The first-order chi connectivity index (χ1) is 13.7. The van der Waals surface area contributed by atoms with Crippen LogP contribution in [-0.4, -0.2) is 50.8 Å². The molecule has 1 atom stereocenters. The van der Waals surface area contributed by atoms with Crippen molar-refractivity contribution in [1.29, 1.82) is 0 Å². The summed E-state index contributed by atoms with van der Waals surface area (Å²) in [4.78, 5) is 6.68. The first-order valence-electron chi connectivity index (χ1n) is 9.42. The van der Waals surface area contributed by atoms with Crippen LogP contribution in [0.25, 0.3) is 0 Å². The Hall–Kier alpha value is -2.15. The van der Waals surface area contributed by atoms with Gasteiger partial charge in [-0.3, -0.25) is 9.89 Å². The number of nitrogens with zero attached hydrogens (tertiary/aromatic N) is 2. The number of nitrogens with one attached hydrogen (secondary N) is 2. The van der Waals surface area contributed by atoms with E-state index < -0.39 is 0 Å². The van der Waals surface area contributed by atoms with Crippen molar-refractivity contribution >= 4 is 17.6 Å². The molecular weight excluding hydrogens is 379 g/mol. The van der Waals surface area contributed by atoms with Crippen molar-refractivity contribution in [2.45, 2.75) is 12.6 Å². The molecule has 7 heteroatoms. The second kappa shape index (κ2) is 10.4. The zero-order valence-corrected chi connectivity index (χ0v) is 16.8. The van der Waals surface area contributed by atoms with Gasteiger partial charge in [-0.05, 0) is 29.3 Å². The molecule has 0 spiro atoms. The summed E-state index contributed by atoms with van der Waals surface area (Å²) in [5, 5.41) is 7.43. The first-order valence-corrected chi connectivity index (χ1v) is 9.80. The number of hydrogen-bond acceptors (Lipinski definition) is 3. The van der Waals surface area contributed by atoms with Crippen LogP contribution in [0, 0.1) is 5.82 Å². The van der Waals surface area contributed by atoms with E-state index in [2.05, 4.69) is 26.6 Å². The molecule has 3 rings (SSSR count). The normalized spacial score (nSPS) is 16.6. The van der Waals surface area contributed by atoms with E-state index in [4.69, 9.17) is 16.3 Å². The fourth-order valence-electron chi connectivity index (χ4n) is 3.27. The lowest BCUT2D eigenvalue weighted by molar-refractivity contribution is 0.0170. The van der Waals surface area contributed by atoms with Crippen molar-refractivity contribution in [3.05, 3.63) is 70.5 Å². The van der Waals surface area contributed by atoms with Crippen LogP contribution in [-0.2, 0) is 11.3 Å². The van der Waals surface area contributed by atoms with Crippen molar-refractivity contribution in [3.63, 3.8) is 0 Å². The summed E-state index contributed by atoms with van der Waals surface area (Å²) in [6.45, 7) is 4.39. The summed E-state index contributed by atoms with van der Waals surface area (Å²) in [5.74, 6) is 0.453. The molecule has 2 aromatic rings. The van der Waals surface area contributed by atoms with E-state index in [0.717, 1.165) is 42.5 Å². The lowest BCUT2D eigenvalue weighted by Gasteiger charge is -2.35. The van der Waals surface area contributed by atoms with E-state index in [9.17, 15) is 4.39 Å². The molecule has 5 nitrogen and oxygen atoms in total. The molecule has 0 aromatic heterocycles. The molecule has 0 radical (unpaired) electrons. The average molecular weight is 405 g/mol. The molecule has 2 N–H and O–H groups in total. The summed E-state index contributed by atoms with van der Waals surface area (Å²) >= 11 is 6.48. The van der Waals surface area contributed by atoms with Crippen LogP contribution in [0.1, 0.15) is 17.2 Å². The SMILES string of the molecule is CN=C(NCc1ccc(F)cc1)NCC(c1ccccc1Cl)N1CCOCC1. The maximum Gasteiger partial charge on any atom is 0.191 e. The number of rotatable bonds is 6. The van der Waals surface area contributed by atoms with Gasteiger partial charge in [0.25, 0.3) is 0 Å². The molecule has 1 aliphatic heterocycles. The van der Waals surface area contributed by atoms with Gasteiger partial charge in [-0.1, -0.05) is 41.9 Å².